The molecule has 0 fully saturated rings. The molecule has 3 nitrogen and oxygen atoms in total. The van der Waals surface area contributed by atoms with Gasteiger partial charge in [-0.3, -0.25) is 4.79 Å². The molecular formula is C26H51BrO3. The minimum absolute atomic E-state index is 0.0810. The highest BCUT2D eigenvalue weighted by Crippen LogP contribution is 2.13. The van der Waals surface area contributed by atoms with Gasteiger partial charge in [-0.1, -0.05) is 120 Å². The van der Waals surface area contributed by atoms with Crippen molar-refractivity contribution < 1.29 is 14.3 Å². The highest BCUT2D eigenvalue weighted by Gasteiger charge is 2.11. The molecule has 0 aromatic carbocycles. The molecule has 0 spiro atoms. The molecule has 0 N–H and O–H groups in total. The van der Waals surface area contributed by atoms with Crippen LogP contribution in [0.3, 0.4) is 0 Å². The lowest BCUT2D eigenvalue weighted by Crippen LogP contribution is -2.19. The summed E-state index contributed by atoms with van der Waals surface area (Å²) in [4.78, 5) is 11.7. The van der Waals surface area contributed by atoms with E-state index in [1.807, 2.05) is 0 Å². The monoisotopic (exact) mass is 490 g/mol. The largest absolute Gasteiger partial charge is 0.465 e. The van der Waals surface area contributed by atoms with Gasteiger partial charge in [-0.2, -0.15) is 0 Å². The Labute approximate surface area is 196 Å². The number of unbranched alkanes of at least 4 members (excludes halogenated alkanes) is 13. The van der Waals surface area contributed by atoms with Crippen LogP contribution in [0.1, 0.15) is 129 Å². The second kappa shape index (κ2) is 25.2. The minimum Gasteiger partial charge on any atom is -0.465 e. The summed E-state index contributed by atoms with van der Waals surface area (Å²) in [6.45, 7) is 6.53. The lowest BCUT2D eigenvalue weighted by atomic mass is 10.0. The molecule has 0 aliphatic rings. The molecule has 0 heterocycles. The van der Waals surface area contributed by atoms with Crippen LogP contribution < -0.4 is 0 Å². The molecular weight excluding hydrogens is 440 g/mol. The van der Waals surface area contributed by atoms with Gasteiger partial charge in [0.2, 0.25) is 0 Å². The fourth-order valence-electron chi connectivity index (χ4n) is 3.77. The van der Waals surface area contributed by atoms with Crippen molar-refractivity contribution in [3.63, 3.8) is 0 Å². The van der Waals surface area contributed by atoms with E-state index in [1.54, 1.807) is 0 Å². The van der Waals surface area contributed by atoms with E-state index < -0.39 is 0 Å². The Balaban J connectivity index is 3.40. The van der Waals surface area contributed by atoms with E-state index in [4.69, 9.17) is 9.47 Å². The van der Waals surface area contributed by atoms with Gasteiger partial charge in [0.05, 0.1) is 13.2 Å². The molecule has 0 bridgehead atoms. The first-order chi connectivity index (χ1) is 14.7. The quantitative estimate of drug-likeness (QED) is 0.0770. The first kappa shape index (κ1) is 29.9. The second-order valence-electron chi connectivity index (χ2n) is 8.80. The van der Waals surface area contributed by atoms with Gasteiger partial charge < -0.3 is 9.47 Å². The molecule has 1 unspecified atom stereocenters. The number of hydrogen-bond donors (Lipinski definition) is 0. The Kier molecular flexibility index (Phi) is 25.1. The summed E-state index contributed by atoms with van der Waals surface area (Å²) in [5, 5.41) is 0.850. The summed E-state index contributed by atoms with van der Waals surface area (Å²) in [5.74, 6) is 0.261. The third kappa shape index (κ3) is 22.6. The predicted molar refractivity (Wildman–Crippen MR) is 134 cm³/mol. The van der Waals surface area contributed by atoms with E-state index in [0.29, 0.717) is 18.9 Å². The van der Waals surface area contributed by atoms with Gasteiger partial charge in [-0.25, -0.2) is 0 Å². The van der Waals surface area contributed by atoms with Gasteiger partial charge in [0, 0.05) is 24.3 Å². The number of halogens is 1. The van der Waals surface area contributed by atoms with Crippen molar-refractivity contribution in [2.45, 2.75) is 129 Å². The average molecular weight is 492 g/mol. The van der Waals surface area contributed by atoms with Gasteiger partial charge in [0.25, 0.3) is 0 Å². The molecule has 30 heavy (non-hydrogen) atoms. The molecule has 0 radical (unpaired) electrons. The lowest BCUT2D eigenvalue weighted by molar-refractivity contribution is -0.145. The van der Waals surface area contributed by atoms with Crippen LogP contribution in [-0.4, -0.2) is 31.1 Å². The van der Waals surface area contributed by atoms with Crippen molar-refractivity contribution in [2.75, 3.05) is 25.2 Å². The molecule has 0 rings (SSSR count). The molecule has 0 aliphatic carbocycles. The number of alkyl halides is 1. The molecule has 1 atom stereocenters. The van der Waals surface area contributed by atoms with Crippen LogP contribution in [0.5, 0.6) is 0 Å². The summed E-state index contributed by atoms with van der Waals surface area (Å²) in [6, 6.07) is 0. The number of hydrogen-bond acceptors (Lipinski definition) is 3. The number of rotatable bonds is 24. The zero-order valence-electron chi connectivity index (χ0n) is 20.2. The molecule has 4 heteroatoms. The van der Waals surface area contributed by atoms with Crippen molar-refractivity contribution in [3.05, 3.63) is 0 Å². The predicted octanol–water partition coefficient (Wildman–Crippen LogP) is 8.62. The normalized spacial score (nSPS) is 12.2. The van der Waals surface area contributed by atoms with Crippen molar-refractivity contribution >= 4 is 21.9 Å². The fourth-order valence-corrected chi connectivity index (χ4v) is 4.05. The van der Waals surface area contributed by atoms with E-state index >= 15 is 0 Å². The van der Waals surface area contributed by atoms with Crippen molar-refractivity contribution in [2.24, 2.45) is 5.92 Å². The van der Waals surface area contributed by atoms with Crippen LogP contribution >= 0.6 is 15.9 Å². The smallest absolute Gasteiger partial charge is 0.305 e. The van der Waals surface area contributed by atoms with Crippen molar-refractivity contribution in [1.29, 1.82) is 0 Å². The van der Waals surface area contributed by atoms with Gasteiger partial charge in [0.1, 0.15) is 0 Å². The maximum Gasteiger partial charge on any atom is 0.305 e. The molecule has 0 aromatic heterocycles. The average Bonchev–Trinajstić information content (AvgIpc) is 2.75. The van der Waals surface area contributed by atoms with E-state index in [0.717, 1.165) is 44.2 Å². The molecule has 180 valence electrons. The van der Waals surface area contributed by atoms with Gasteiger partial charge in [0.15, 0.2) is 0 Å². The third-order valence-electron chi connectivity index (χ3n) is 5.69. The van der Waals surface area contributed by atoms with Gasteiger partial charge >= 0.3 is 5.97 Å². The standard InChI is InChI=1S/C26H51BrO3/c1-3-5-6-7-8-9-10-11-12-13-14-15-16-17-22-29-23-25(19-4-2)24-30-26(28)20-18-21-27/h25H,3-24H2,1-2H3. The van der Waals surface area contributed by atoms with Crippen LogP contribution in [0.25, 0.3) is 0 Å². The molecule has 0 aromatic rings. The zero-order valence-corrected chi connectivity index (χ0v) is 21.8. The molecule has 0 aliphatic heterocycles. The SMILES string of the molecule is CCCCCCCCCCCCCCCCOCC(CCC)COC(=O)CCCBr. The lowest BCUT2D eigenvalue weighted by Gasteiger charge is -2.16. The minimum atomic E-state index is -0.0810. The highest BCUT2D eigenvalue weighted by atomic mass is 79.9. The third-order valence-corrected chi connectivity index (χ3v) is 6.25. The Morgan fingerprint density at radius 3 is 1.73 bits per heavy atom. The summed E-state index contributed by atoms with van der Waals surface area (Å²) in [6.07, 6.45) is 22.8. The van der Waals surface area contributed by atoms with Crippen LogP contribution in [0.15, 0.2) is 0 Å². The first-order valence-electron chi connectivity index (χ1n) is 13.0. The van der Waals surface area contributed by atoms with Crippen LogP contribution in [-0.2, 0) is 14.3 Å². The first-order valence-corrected chi connectivity index (χ1v) is 14.2. The van der Waals surface area contributed by atoms with Crippen molar-refractivity contribution in [1.82, 2.24) is 0 Å². The number of carbonyl (C=O) groups excluding carboxylic acids is 1. The Hall–Kier alpha value is -0.0900. The molecule has 0 saturated carbocycles. The van der Waals surface area contributed by atoms with Gasteiger partial charge in [-0.15, -0.1) is 0 Å². The number of esters is 1. The van der Waals surface area contributed by atoms with Crippen molar-refractivity contribution in [3.8, 4) is 0 Å². The molecule has 0 amide bonds. The number of carbonyl (C=O) groups is 1. The Morgan fingerprint density at radius 2 is 1.23 bits per heavy atom. The topological polar surface area (TPSA) is 35.5 Å². The second-order valence-corrected chi connectivity index (χ2v) is 9.59. The Morgan fingerprint density at radius 1 is 0.700 bits per heavy atom. The summed E-state index contributed by atoms with van der Waals surface area (Å²) < 4.78 is 11.3. The summed E-state index contributed by atoms with van der Waals surface area (Å²) in [7, 11) is 0. The van der Waals surface area contributed by atoms with E-state index in [-0.39, 0.29) is 5.97 Å². The van der Waals surface area contributed by atoms with E-state index in [9.17, 15) is 4.79 Å². The van der Waals surface area contributed by atoms with Crippen LogP contribution in [0.4, 0.5) is 0 Å². The fraction of sp³-hybridized carbons (Fsp3) is 0.962. The summed E-state index contributed by atoms with van der Waals surface area (Å²) >= 11 is 3.34. The van der Waals surface area contributed by atoms with E-state index in [1.165, 1.54) is 83.5 Å². The Bertz CT molecular complexity index is 349. The van der Waals surface area contributed by atoms with Crippen LogP contribution in [0, 0.1) is 5.92 Å². The molecule has 0 saturated heterocycles. The zero-order chi connectivity index (χ0) is 22.1. The highest BCUT2D eigenvalue weighted by molar-refractivity contribution is 9.09. The maximum atomic E-state index is 11.7. The van der Waals surface area contributed by atoms with Gasteiger partial charge in [-0.05, 0) is 19.3 Å². The summed E-state index contributed by atoms with van der Waals surface area (Å²) in [5.41, 5.74) is 0. The van der Waals surface area contributed by atoms with Crippen LogP contribution in [0.2, 0.25) is 0 Å². The van der Waals surface area contributed by atoms with E-state index in [2.05, 4.69) is 29.8 Å². The maximum absolute atomic E-state index is 11.7. The number of ether oxygens (including phenoxy) is 2.